The van der Waals surface area contributed by atoms with E-state index in [0.717, 1.165) is 0 Å². The van der Waals surface area contributed by atoms with Crippen LogP contribution in [0.3, 0.4) is 0 Å². The number of Topliss-reactive ketones (excluding diaryl/α,β-unsaturated/α-hetero) is 1. The molecule has 0 aliphatic heterocycles. The summed E-state index contributed by atoms with van der Waals surface area (Å²) in [5.74, 6) is 0.0273. The molecule has 1 N–H and O–H groups in total. The number of rotatable bonds is 5. The zero-order valence-electron chi connectivity index (χ0n) is 9.48. The third kappa shape index (κ3) is 3.59. The summed E-state index contributed by atoms with van der Waals surface area (Å²) in [5.41, 5.74) is 0.640. The van der Waals surface area contributed by atoms with Gasteiger partial charge in [0, 0.05) is 16.6 Å². The van der Waals surface area contributed by atoms with Gasteiger partial charge in [-0.05, 0) is 38.2 Å². The highest BCUT2D eigenvalue weighted by Crippen LogP contribution is 2.10. The second-order valence-electron chi connectivity index (χ2n) is 3.88. The number of aliphatic hydroxyl groups excluding tert-OH is 1. The summed E-state index contributed by atoms with van der Waals surface area (Å²) in [6.07, 6.45) is 0. The van der Waals surface area contributed by atoms with Crippen LogP contribution in [0.1, 0.15) is 17.3 Å². The molecule has 0 aromatic heterocycles. The Kier molecular flexibility index (Phi) is 4.93. The minimum absolute atomic E-state index is 0.0174. The Morgan fingerprint density at radius 2 is 2.00 bits per heavy atom. The molecule has 0 heterocycles. The molecule has 1 aromatic rings. The van der Waals surface area contributed by atoms with Crippen LogP contribution in [0.5, 0.6) is 0 Å². The van der Waals surface area contributed by atoms with Crippen molar-refractivity contribution in [1.82, 2.24) is 4.90 Å². The molecule has 0 saturated carbocycles. The van der Waals surface area contributed by atoms with Crippen molar-refractivity contribution in [2.45, 2.75) is 13.0 Å². The van der Waals surface area contributed by atoms with Crippen molar-refractivity contribution in [3.63, 3.8) is 0 Å². The molecular weight excluding hydrogens is 226 g/mol. The molecule has 1 unspecified atom stereocenters. The zero-order valence-corrected chi connectivity index (χ0v) is 10.2. The van der Waals surface area contributed by atoms with Gasteiger partial charge in [0.25, 0.3) is 0 Å². The van der Waals surface area contributed by atoms with Crippen LogP contribution in [0.25, 0.3) is 0 Å². The summed E-state index contributed by atoms with van der Waals surface area (Å²) in [5, 5.41) is 9.57. The maximum Gasteiger partial charge on any atom is 0.176 e. The van der Waals surface area contributed by atoms with E-state index in [1.54, 1.807) is 24.3 Å². The van der Waals surface area contributed by atoms with E-state index in [1.807, 2.05) is 18.9 Å². The second-order valence-corrected chi connectivity index (χ2v) is 4.31. The van der Waals surface area contributed by atoms with E-state index in [2.05, 4.69) is 0 Å². The van der Waals surface area contributed by atoms with Crippen LogP contribution >= 0.6 is 11.6 Å². The molecule has 3 nitrogen and oxygen atoms in total. The molecule has 0 bridgehead atoms. The molecule has 0 fully saturated rings. The summed E-state index contributed by atoms with van der Waals surface area (Å²) in [6, 6.07) is 6.80. The topological polar surface area (TPSA) is 40.5 Å². The second kappa shape index (κ2) is 5.99. The lowest BCUT2D eigenvalue weighted by Crippen LogP contribution is -2.36. The summed E-state index contributed by atoms with van der Waals surface area (Å²) in [4.78, 5) is 13.6. The van der Waals surface area contributed by atoms with Gasteiger partial charge in [0.15, 0.2) is 5.78 Å². The van der Waals surface area contributed by atoms with Crippen molar-refractivity contribution in [2.24, 2.45) is 0 Å². The number of hydrogen-bond acceptors (Lipinski definition) is 3. The number of ketones is 1. The van der Waals surface area contributed by atoms with E-state index in [1.165, 1.54) is 0 Å². The lowest BCUT2D eigenvalue weighted by molar-refractivity contribution is 0.0890. The van der Waals surface area contributed by atoms with Crippen LogP contribution in [0.4, 0.5) is 0 Å². The molecular formula is C12H16ClNO2. The number of aliphatic hydroxyl groups is 1. The van der Waals surface area contributed by atoms with Crippen LogP contribution < -0.4 is 0 Å². The molecule has 0 amide bonds. The molecule has 1 atom stereocenters. The molecule has 0 saturated heterocycles. The maximum atomic E-state index is 11.8. The Hall–Kier alpha value is -0.900. The first-order chi connectivity index (χ1) is 7.54. The number of likely N-dealkylation sites (N-methyl/N-ethyl adjacent to an activating group) is 1. The van der Waals surface area contributed by atoms with Gasteiger partial charge in [-0.15, -0.1) is 0 Å². The predicted octanol–water partition coefficient (Wildman–Crippen LogP) is 1.84. The maximum absolute atomic E-state index is 11.8. The van der Waals surface area contributed by atoms with Gasteiger partial charge in [0.1, 0.15) is 0 Å². The first-order valence-corrected chi connectivity index (χ1v) is 5.52. The smallest absolute Gasteiger partial charge is 0.176 e. The van der Waals surface area contributed by atoms with Gasteiger partial charge >= 0.3 is 0 Å². The standard InChI is InChI=1S/C12H16ClNO2/c1-9(8-15)14(2)7-12(16)10-3-5-11(13)6-4-10/h3-6,9,15H,7-8H2,1-2H3. The first-order valence-electron chi connectivity index (χ1n) is 5.14. The van der Waals surface area contributed by atoms with Gasteiger partial charge in [-0.2, -0.15) is 0 Å². The fourth-order valence-corrected chi connectivity index (χ4v) is 1.37. The minimum atomic E-state index is -0.0174. The molecule has 0 spiro atoms. The van der Waals surface area contributed by atoms with Crippen molar-refractivity contribution in [3.05, 3.63) is 34.9 Å². The summed E-state index contributed by atoms with van der Waals surface area (Å²) in [7, 11) is 1.81. The van der Waals surface area contributed by atoms with Crippen molar-refractivity contribution in [3.8, 4) is 0 Å². The lowest BCUT2D eigenvalue weighted by atomic mass is 10.1. The third-order valence-corrected chi connectivity index (χ3v) is 2.83. The van der Waals surface area contributed by atoms with Gasteiger partial charge in [0.2, 0.25) is 0 Å². The zero-order chi connectivity index (χ0) is 12.1. The molecule has 4 heteroatoms. The highest BCUT2D eigenvalue weighted by Gasteiger charge is 2.13. The fourth-order valence-electron chi connectivity index (χ4n) is 1.25. The number of benzene rings is 1. The van der Waals surface area contributed by atoms with E-state index in [4.69, 9.17) is 16.7 Å². The van der Waals surface area contributed by atoms with E-state index in [-0.39, 0.29) is 18.4 Å². The quantitative estimate of drug-likeness (QED) is 0.800. The molecule has 1 aromatic carbocycles. The lowest BCUT2D eigenvalue weighted by Gasteiger charge is -2.21. The fraction of sp³-hybridized carbons (Fsp3) is 0.417. The number of carbonyl (C=O) groups excluding carboxylic acids is 1. The summed E-state index contributed by atoms with van der Waals surface area (Å²) < 4.78 is 0. The summed E-state index contributed by atoms with van der Waals surface area (Å²) in [6.45, 7) is 2.21. The Morgan fingerprint density at radius 1 is 1.44 bits per heavy atom. The minimum Gasteiger partial charge on any atom is -0.395 e. The van der Waals surface area contributed by atoms with Crippen LogP contribution in [0.15, 0.2) is 24.3 Å². The third-order valence-electron chi connectivity index (χ3n) is 2.58. The molecule has 0 aliphatic carbocycles. The number of carbonyl (C=O) groups is 1. The Balaban J connectivity index is 2.62. The van der Waals surface area contributed by atoms with E-state index >= 15 is 0 Å². The SMILES string of the molecule is CC(CO)N(C)CC(=O)c1ccc(Cl)cc1. The van der Waals surface area contributed by atoms with Gasteiger partial charge in [-0.1, -0.05) is 11.6 Å². The van der Waals surface area contributed by atoms with Crippen LogP contribution in [-0.4, -0.2) is 42.0 Å². The van der Waals surface area contributed by atoms with Gasteiger partial charge in [-0.25, -0.2) is 0 Å². The Labute approximate surface area is 101 Å². The van der Waals surface area contributed by atoms with E-state index in [0.29, 0.717) is 17.1 Å². The van der Waals surface area contributed by atoms with Crippen LogP contribution in [0.2, 0.25) is 5.02 Å². The van der Waals surface area contributed by atoms with Gasteiger partial charge in [-0.3, -0.25) is 9.69 Å². The van der Waals surface area contributed by atoms with Crippen molar-refractivity contribution < 1.29 is 9.90 Å². The van der Waals surface area contributed by atoms with Crippen molar-refractivity contribution in [2.75, 3.05) is 20.2 Å². The van der Waals surface area contributed by atoms with Crippen LogP contribution in [-0.2, 0) is 0 Å². The number of halogens is 1. The monoisotopic (exact) mass is 241 g/mol. The number of hydrogen-bond donors (Lipinski definition) is 1. The number of nitrogens with zero attached hydrogens (tertiary/aromatic N) is 1. The molecule has 88 valence electrons. The first kappa shape index (κ1) is 13.2. The Morgan fingerprint density at radius 3 is 2.50 bits per heavy atom. The highest BCUT2D eigenvalue weighted by atomic mass is 35.5. The summed E-state index contributed by atoms with van der Waals surface area (Å²) >= 11 is 5.74. The average molecular weight is 242 g/mol. The largest absolute Gasteiger partial charge is 0.395 e. The molecule has 1 rings (SSSR count). The average Bonchev–Trinajstić information content (AvgIpc) is 2.28. The normalized spacial score (nSPS) is 12.8. The highest BCUT2D eigenvalue weighted by molar-refractivity contribution is 6.30. The van der Waals surface area contributed by atoms with E-state index < -0.39 is 0 Å². The van der Waals surface area contributed by atoms with E-state index in [9.17, 15) is 4.79 Å². The predicted molar refractivity (Wildman–Crippen MR) is 65.0 cm³/mol. The van der Waals surface area contributed by atoms with Crippen molar-refractivity contribution >= 4 is 17.4 Å². The van der Waals surface area contributed by atoms with Crippen LogP contribution in [0, 0.1) is 0 Å². The van der Waals surface area contributed by atoms with Gasteiger partial charge in [0.05, 0.1) is 13.2 Å². The van der Waals surface area contributed by atoms with Crippen molar-refractivity contribution in [1.29, 1.82) is 0 Å². The molecule has 0 aliphatic rings. The molecule has 16 heavy (non-hydrogen) atoms. The Bertz CT molecular complexity index is 351. The van der Waals surface area contributed by atoms with Gasteiger partial charge < -0.3 is 5.11 Å². The molecule has 0 radical (unpaired) electrons.